The molecule has 0 bridgehead atoms. The molecule has 9 nitrogen and oxygen atoms in total. The molecule has 0 radical (unpaired) electrons. The molecule has 0 aliphatic carbocycles. The Balaban J connectivity index is 0.000000260. The number of hydrogen-bond acceptors (Lipinski definition) is 7. The SMILES string of the molecule is Cc1noc(C2CC3(CCN(C)CC3)OC2C)n1.O=C(O)C=CC(=O)O. The molecule has 2 fully saturated rings. The first kappa shape index (κ1) is 20.1. The summed E-state index contributed by atoms with van der Waals surface area (Å²) >= 11 is 0. The third-order valence-corrected chi connectivity index (χ3v) is 4.72. The molecule has 2 saturated heterocycles. The van der Waals surface area contributed by atoms with Crippen molar-refractivity contribution in [3.05, 3.63) is 23.9 Å². The van der Waals surface area contributed by atoms with Gasteiger partial charge in [-0.1, -0.05) is 5.16 Å². The van der Waals surface area contributed by atoms with Gasteiger partial charge in [-0.05, 0) is 40.2 Å². The van der Waals surface area contributed by atoms with Gasteiger partial charge in [0, 0.05) is 25.2 Å². The summed E-state index contributed by atoms with van der Waals surface area (Å²) in [5.41, 5.74) is 0.0406. The van der Waals surface area contributed by atoms with Crippen LogP contribution < -0.4 is 0 Å². The van der Waals surface area contributed by atoms with Crippen molar-refractivity contribution in [2.24, 2.45) is 0 Å². The zero-order valence-electron chi connectivity index (χ0n) is 15.2. The molecular weight excluding hydrogens is 342 g/mol. The first-order valence-electron chi connectivity index (χ1n) is 8.51. The molecule has 1 aromatic heterocycles. The molecule has 1 aromatic rings. The van der Waals surface area contributed by atoms with E-state index in [1.165, 1.54) is 0 Å². The summed E-state index contributed by atoms with van der Waals surface area (Å²) in [5.74, 6) is -0.799. The maximum absolute atomic E-state index is 9.55. The lowest BCUT2D eigenvalue weighted by Crippen LogP contribution is -2.42. The summed E-state index contributed by atoms with van der Waals surface area (Å²) in [6.07, 6.45) is 4.52. The lowest BCUT2D eigenvalue weighted by molar-refractivity contribution is -0.134. The van der Waals surface area contributed by atoms with E-state index in [1.807, 2.05) is 6.92 Å². The van der Waals surface area contributed by atoms with E-state index >= 15 is 0 Å². The van der Waals surface area contributed by atoms with Gasteiger partial charge in [0.2, 0.25) is 5.89 Å². The number of carboxylic acids is 2. The highest BCUT2D eigenvalue weighted by Crippen LogP contribution is 2.45. The molecule has 3 heterocycles. The maximum Gasteiger partial charge on any atom is 0.328 e. The lowest BCUT2D eigenvalue weighted by atomic mass is 9.84. The van der Waals surface area contributed by atoms with Crippen molar-refractivity contribution in [3.63, 3.8) is 0 Å². The molecule has 2 aliphatic heterocycles. The van der Waals surface area contributed by atoms with Crippen LogP contribution in [0.2, 0.25) is 0 Å². The highest BCUT2D eigenvalue weighted by molar-refractivity contribution is 5.89. The fourth-order valence-electron chi connectivity index (χ4n) is 3.33. The Morgan fingerprint density at radius 3 is 2.27 bits per heavy atom. The van der Waals surface area contributed by atoms with Gasteiger partial charge >= 0.3 is 11.9 Å². The summed E-state index contributed by atoms with van der Waals surface area (Å²) in [4.78, 5) is 25.8. The molecule has 144 valence electrons. The van der Waals surface area contributed by atoms with Crippen molar-refractivity contribution < 1.29 is 29.1 Å². The van der Waals surface area contributed by atoms with Gasteiger partial charge < -0.3 is 24.4 Å². The lowest BCUT2D eigenvalue weighted by Gasteiger charge is -2.37. The molecule has 2 unspecified atom stereocenters. The summed E-state index contributed by atoms with van der Waals surface area (Å²) in [6.45, 7) is 6.21. The van der Waals surface area contributed by atoms with Crippen LogP contribution in [0.1, 0.15) is 43.8 Å². The molecule has 9 heteroatoms. The molecule has 0 saturated carbocycles. The average Bonchev–Trinajstić information content (AvgIpc) is 3.13. The minimum Gasteiger partial charge on any atom is -0.478 e. The molecule has 2 aliphatic rings. The molecule has 3 rings (SSSR count). The van der Waals surface area contributed by atoms with E-state index in [1.54, 1.807) is 0 Å². The second-order valence-corrected chi connectivity index (χ2v) is 6.81. The Hall–Kier alpha value is -2.26. The summed E-state index contributed by atoms with van der Waals surface area (Å²) < 4.78 is 11.6. The van der Waals surface area contributed by atoms with Crippen LogP contribution in [-0.2, 0) is 14.3 Å². The number of piperidine rings is 1. The van der Waals surface area contributed by atoms with Crippen LogP contribution in [0.15, 0.2) is 16.7 Å². The molecular formula is C17H25N3O6. The molecule has 26 heavy (non-hydrogen) atoms. The number of hydrogen-bond donors (Lipinski definition) is 2. The quantitative estimate of drug-likeness (QED) is 0.763. The molecule has 2 atom stereocenters. The molecule has 0 aromatic carbocycles. The highest BCUT2D eigenvalue weighted by atomic mass is 16.5. The third-order valence-electron chi connectivity index (χ3n) is 4.72. The smallest absolute Gasteiger partial charge is 0.328 e. The largest absolute Gasteiger partial charge is 0.478 e. The van der Waals surface area contributed by atoms with Crippen LogP contribution >= 0.6 is 0 Å². The van der Waals surface area contributed by atoms with E-state index in [2.05, 4.69) is 29.0 Å². The average molecular weight is 367 g/mol. The Morgan fingerprint density at radius 2 is 1.81 bits per heavy atom. The zero-order valence-corrected chi connectivity index (χ0v) is 15.2. The van der Waals surface area contributed by atoms with E-state index < -0.39 is 11.9 Å². The number of likely N-dealkylation sites (tertiary alicyclic amines) is 1. The Labute approximate surface area is 151 Å². The van der Waals surface area contributed by atoms with E-state index in [-0.39, 0.29) is 17.6 Å². The number of carboxylic acid groups (broad SMARTS) is 2. The van der Waals surface area contributed by atoms with E-state index in [0.29, 0.717) is 18.0 Å². The summed E-state index contributed by atoms with van der Waals surface area (Å²) in [5, 5.41) is 19.5. The maximum atomic E-state index is 9.55. The van der Waals surface area contributed by atoms with Crippen molar-refractivity contribution >= 4 is 11.9 Å². The van der Waals surface area contributed by atoms with Crippen molar-refractivity contribution in [1.29, 1.82) is 0 Å². The van der Waals surface area contributed by atoms with Crippen molar-refractivity contribution in [1.82, 2.24) is 15.0 Å². The minimum absolute atomic E-state index is 0.0406. The van der Waals surface area contributed by atoms with Crippen molar-refractivity contribution in [3.8, 4) is 0 Å². The van der Waals surface area contributed by atoms with Gasteiger partial charge in [0.15, 0.2) is 5.82 Å². The van der Waals surface area contributed by atoms with Crippen LogP contribution in [0.4, 0.5) is 0 Å². The van der Waals surface area contributed by atoms with Crippen molar-refractivity contribution in [2.75, 3.05) is 20.1 Å². The fraction of sp³-hybridized carbons (Fsp3) is 0.647. The van der Waals surface area contributed by atoms with Crippen LogP contribution in [0.25, 0.3) is 0 Å². The summed E-state index contributed by atoms with van der Waals surface area (Å²) in [7, 11) is 2.17. The van der Waals surface area contributed by atoms with Crippen LogP contribution in [0.3, 0.4) is 0 Å². The Morgan fingerprint density at radius 1 is 1.23 bits per heavy atom. The third kappa shape index (κ3) is 5.37. The number of aryl methyl sites for hydroxylation is 1. The number of aliphatic carboxylic acids is 2. The van der Waals surface area contributed by atoms with Gasteiger partial charge in [-0.2, -0.15) is 4.98 Å². The fourth-order valence-corrected chi connectivity index (χ4v) is 3.33. The Kier molecular flexibility index (Phi) is 6.49. The van der Waals surface area contributed by atoms with Gasteiger partial charge in [0.1, 0.15) is 0 Å². The normalized spacial score (nSPS) is 25.2. The van der Waals surface area contributed by atoms with Crippen LogP contribution in [0, 0.1) is 6.92 Å². The number of carbonyl (C=O) groups is 2. The topological polar surface area (TPSA) is 126 Å². The number of rotatable bonds is 3. The monoisotopic (exact) mass is 367 g/mol. The van der Waals surface area contributed by atoms with E-state index in [9.17, 15) is 9.59 Å². The first-order valence-corrected chi connectivity index (χ1v) is 8.51. The Bertz CT molecular complexity index is 647. The van der Waals surface area contributed by atoms with Gasteiger partial charge in [0.05, 0.1) is 17.6 Å². The van der Waals surface area contributed by atoms with Crippen LogP contribution in [-0.4, -0.2) is 69.0 Å². The second kappa shape index (κ2) is 8.41. The standard InChI is InChI=1S/C13H21N3O2.C4H4O4/c1-9-11(12-14-10(2)15-18-12)8-13(17-9)4-6-16(3)7-5-13;5-3(6)1-2-4(7)8/h9,11H,4-8H2,1-3H3;1-2H,(H,5,6)(H,7,8). The van der Waals surface area contributed by atoms with Gasteiger partial charge in [0.25, 0.3) is 0 Å². The molecule has 2 N–H and O–H groups in total. The number of nitrogens with zero attached hydrogens (tertiary/aromatic N) is 3. The van der Waals surface area contributed by atoms with Gasteiger partial charge in [-0.15, -0.1) is 0 Å². The highest BCUT2D eigenvalue weighted by Gasteiger charge is 2.48. The van der Waals surface area contributed by atoms with E-state index in [0.717, 1.165) is 38.2 Å². The van der Waals surface area contributed by atoms with Gasteiger partial charge in [-0.25, -0.2) is 9.59 Å². The first-order chi connectivity index (χ1) is 12.2. The molecule has 1 spiro atoms. The van der Waals surface area contributed by atoms with Crippen molar-refractivity contribution in [2.45, 2.75) is 50.7 Å². The second-order valence-electron chi connectivity index (χ2n) is 6.81. The van der Waals surface area contributed by atoms with Crippen LogP contribution in [0.5, 0.6) is 0 Å². The zero-order chi connectivity index (χ0) is 19.3. The predicted molar refractivity (Wildman–Crippen MR) is 90.8 cm³/mol. The van der Waals surface area contributed by atoms with Gasteiger partial charge in [-0.3, -0.25) is 0 Å². The summed E-state index contributed by atoms with van der Waals surface area (Å²) in [6, 6.07) is 0. The van der Waals surface area contributed by atoms with E-state index in [4.69, 9.17) is 19.5 Å². The minimum atomic E-state index is -1.26. The molecule has 0 amide bonds. The number of aromatic nitrogens is 2. The predicted octanol–water partition coefficient (Wildman–Crippen LogP) is 1.45. The number of ether oxygens (including phenoxy) is 1.